The first-order valence-corrected chi connectivity index (χ1v) is 6.87. The average Bonchev–Trinajstić information content (AvgIpc) is 2.45. The van der Waals surface area contributed by atoms with Crippen LogP contribution in [-0.2, 0) is 28.5 Å². The minimum absolute atomic E-state index is 0.153. The van der Waals surface area contributed by atoms with Crippen molar-refractivity contribution < 1.29 is 33.3 Å². The Morgan fingerprint density at radius 1 is 0.826 bits per heavy atom. The molecule has 0 heterocycles. The van der Waals surface area contributed by atoms with Crippen molar-refractivity contribution in [3.63, 3.8) is 0 Å². The van der Waals surface area contributed by atoms with Gasteiger partial charge in [0.2, 0.25) is 0 Å². The molecule has 0 fully saturated rings. The van der Waals surface area contributed by atoms with E-state index in [4.69, 9.17) is 14.2 Å². The van der Waals surface area contributed by atoms with E-state index in [1.54, 1.807) is 20.8 Å². The molecule has 0 rings (SSSR count). The van der Waals surface area contributed by atoms with Crippen LogP contribution in [0.2, 0.25) is 0 Å². The largest absolute Gasteiger partial charge is 0.460 e. The van der Waals surface area contributed by atoms with E-state index in [1.807, 2.05) is 0 Å². The first-order valence-electron chi connectivity index (χ1n) is 6.87. The summed E-state index contributed by atoms with van der Waals surface area (Å²) in [4.78, 5) is 31.5. The number of esters is 2. The van der Waals surface area contributed by atoms with E-state index in [2.05, 4.69) is 23.6 Å². The van der Waals surface area contributed by atoms with Crippen LogP contribution in [0, 0.1) is 0 Å². The van der Waals surface area contributed by atoms with Crippen LogP contribution in [0.5, 0.6) is 0 Å². The molecule has 0 atom stereocenters. The predicted molar refractivity (Wildman–Crippen MR) is 83.6 cm³/mol. The topological polar surface area (TPSA) is 114 Å². The van der Waals surface area contributed by atoms with Crippen molar-refractivity contribution in [1.29, 1.82) is 0 Å². The van der Waals surface area contributed by atoms with Crippen molar-refractivity contribution in [1.82, 2.24) is 0 Å². The van der Waals surface area contributed by atoms with E-state index in [-0.39, 0.29) is 26.4 Å². The lowest BCUT2D eigenvalue weighted by Gasteiger charge is -2.06. The quantitative estimate of drug-likeness (QED) is 0.293. The highest BCUT2D eigenvalue weighted by Crippen LogP contribution is 1.93. The summed E-state index contributed by atoms with van der Waals surface area (Å²) in [6.45, 7) is 12.9. The van der Waals surface area contributed by atoms with Gasteiger partial charge in [-0.25, -0.2) is 14.4 Å². The normalized spacial score (nSPS) is 9.00. The summed E-state index contributed by atoms with van der Waals surface area (Å²) in [5.41, 5.74) is 5.24. The number of ether oxygens (including phenoxy) is 4. The molecule has 0 radical (unpaired) electrons. The van der Waals surface area contributed by atoms with Gasteiger partial charge in [-0.05, 0) is 20.8 Å². The lowest BCUT2D eigenvalue weighted by Crippen LogP contribution is -2.14. The summed E-state index contributed by atoms with van der Waals surface area (Å²) in [5.74, 6) is -0.885. The van der Waals surface area contributed by atoms with Crippen molar-refractivity contribution in [2.24, 2.45) is 5.73 Å². The molecule has 0 saturated heterocycles. The first kappa shape index (κ1) is 22.9. The molecule has 132 valence electrons. The number of rotatable bonds is 9. The fourth-order valence-electron chi connectivity index (χ4n) is 0.877. The molecule has 0 aromatic carbocycles. The SMILES string of the molecule is C=C(C)C(=O)OCCOCCOC(=O)C(=C)C.CCOC(N)=O. The van der Waals surface area contributed by atoms with Crippen LogP contribution in [-0.4, -0.2) is 51.1 Å². The molecule has 8 nitrogen and oxygen atoms in total. The number of hydrogen-bond acceptors (Lipinski definition) is 7. The number of primary amides is 1. The Kier molecular flexibility index (Phi) is 14.5. The molecule has 2 N–H and O–H groups in total. The van der Waals surface area contributed by atoms with Crippen molar-refractivity contribution in [2.45, 2.75) is 20.8 Å². The van der Waals surface area contributed by atoms with Gasteiger partial charge >= 0.3 is 18.0 Å². The van der Waals surface area contributed by atoms with Gasteiger partial charge in [0, 0.05) is 11.1 Å². The van der Waals surface area contributed by atoms with Gasteiger partial charge in [-0.1, -0.05) is 13.2 Å². The van der Waals surface area contributed by atoms with Crippen LogP contribution < -0.4 is 5.73 Å². The van der Waals surface area contributed by atoms with Crippen LogP contribution in [0.15, 0.2) is 24.3 Å². The maximum atomic E-state index is 10.9. The third-order valence-electron chi connectivity index (χ3n) is 1.91. The van der Waals surface area contributed by atoms with Gasteiger partial charge in [0.05, 0.1) is 19.8 Å². The molecule has 8 heteroatoms. The van der Waals surface area contributed by atoms with Crippen molar-refractivity contribution in [3.8, 4) is 0 Å². The molecule has 0 saturated carbocycles. The standard InChI is InChI=1S/C12H18O5.C3H7NO2/c1-9(2)11(13)16-7-5-15-6-8-17-12(14)10(3)4;1-2-6-3(4)5/h1,3,5-8H2,2,4H3;2H2,1H3,(H2,4,5). The van der Waals surface area contributed by atoms with Gasteiger partial charge in [0.1, 0.15) is 13.2 Å². The Morgan fingerprint density at radius 2 is 1.22 bits per heavy atom. The summed E-state index contributed by atoms with van der Waals surface area (Å²) in [7, 11) is 0. The van der Waals surface area contributed by atoms with E-state index in [1.165, 1.54) is 0 Å². The first-order chi connectivity index (χ1) is 10.7. The van der Waals surface area contributed by atoms with Gasteiger partial charge in [0.15, 0.2) is 0 Å². The van der Waals surface area contributed by atoms with E-state index >= 15 is 0 Å². The Hall–Kier alpha value is -2.35. The van der Waals surface area contributed by atoms with Crippen LogP contribution >= 0.6 is 0 Å². The Labute approximate surface area is 136 Å². The molecule has 0 aromatic rings. The molecule has 0 bridgehead atoms. The van der Waals surface area contributed by atoms with Crippen LogP contribution in [0.1, 0.15) is 20.8 Å². The molecule has 0 aliphatic heterocycles. The summed E-state index contributed by atoms with van der Waals surface area (Å²) < 4.78 is 18.8. The monoisotopic (exact) mass is 331 g/mol. The molecule has 0 aliphatic carbocycles. The molecule has 1 amide bonds. The molecule has 23 heavy (non-hydrogen) atoms. The number of nitrogens with two attached hydrogens (primary N) is 1. The lowest BCUT2D eigenvalue weighted by atomic mass is 10.4. The van der Waals surface area contributed by atoms with Gasteiger partial charge in [-0.2, -0.15) is 0 Å². The van der Waals surface area contributed by atoms with Gasteiger partial charge in [0.25, 0.3) is 0 Å². The van der Waals surface area contributed by atoms with Gasteiger partial charge in [-0.15, -0.1) is 0 Å². The highest BCUT2D eigenvalue weighted by atomic mass is 16.6. The molecule has 0 spiro atoms. The van der Waals surface area contributed by atoms with Gasteiger partial charge in [-0.3, -0.25) is 0 Å². The summed E-state index contributed by atoms with van der Waals surface area (Å²) >= 11 is 0. The zero-order chi connectivity index (χ0) is 18.3. The Balaban J connectivity index is 0. The zero-order valence-electron chi connectivity index (χ0n) is 13.9. The second-order valence-corrected chi connectivity index (χ2v) is 4.20. The summed E-state index contributed by atoms with van der Waals surface area (Å²) in [6.07, 6.45) is -0.711. The lowest BCUT2D eigenvalue weighted by molar-refractivity contribution is -0.141. The maximum Gasteiger partial charge on any atom is 0.404 e. The average molecular weight is 331 g/mol. The Morgan fingerprint density at radius 3 is 1.43 bits per heavy atom. The highest BCUT2D eigenvalue weighted by Gasteiger charge is 2.03. The number of carbonyl (C=O) groups excluding carboxylic acids is 3. The Bertz CT molecular complexity index is 388. The van der Waals surface area contributed by atoms with Crippen molar-refractivity contribution >= 4 is 18.0 Å². The van der Waals surface area contributed by atoms with E-state index in [0.717, 1.165) is 0 Å². The predicted octanol–water partition coefficient (Wildman–Crippen LogP) is 1.34. The number of hydrogen-bond donors (Lipinski definition) is 1. The second kappa shape index (κ2) is 14.6. The molecule has 0 unspecified atom stereocenters. The summed E-state index contributed by atoms with van der Waals surface area (Å²) in [6, 6.07) is 0. The van der Waals surface area contributed by atoms with Crippen LogP contribution in [0.25, 0.3) is 0 Å². The molecule has 0 aliphatic rings. The fraction of sp³-hybridized carbons (Fsp3) is 0.533. The van der Waals surface area contributed by atoms with Crippen LogP contribution in [0.3, 0.4) is 0 Å². The zero-order valence-corrected chi connectivity index (χ0v) is 13.9. The van der Waals surface area contributed by atoms with E-state index < -0.39 is 18.0 Å². The van der Waals surface area contributed by atoms with Gasteiger partial charge < -0.3 is 24.7 Å². The third-order valence-corrected chi connectivity index (χ3v) is 1.91. The second-order valence-electron chi connectivity index (χ2n) is 4.20. The van der Waals surface area contributed by atoms with Crippen molar-refractivity contribution in [2.75, 3.05) is 33.0 Å². The van der Waals surface area contributed by atoms with E-state index in [9.17, 15) is 14.4 Å². The maximum absolute atomic E-state index is 10.9. The third kappa shape index (κ3) is 17.6. The minimum atomic E-state index is -0.711. The molecular formula is C15H25NO7. The number of amides is 1. The smallest absolute Gasteiger partial charge is 0.404 e. The van der Waals surface area contributed by atoms with Crippen LogP contribution in [0.4, 0.5) is 4.79 Å². The summed E-state index contributed by atoms with van der Waals surface area (Å²) in [5, 5.41) is 0. The fourth-order valence-corrected chi connectivity index (χ4v) is 0.877. The molecule has 0 aromatic heterocycles. The molecular weight excluding hydrogens is 306 g/mol. The van der Waals surface area contributed by atoms with E-state index in [0.29, 0.717) is 17.8 Å². The number of carbonyl (C=O) groups is 3. The highest BCUT2D eigenvalue weighted by molar-refractivity contribution is 5.87. The minimum Gasteiger partial charge on any atom is -0.460 e. The van der Waals surface area contributed by atoms with Crippen molar-refractivity contribution in [3.05, 3.63) is 24.3 Å².